The van der Waals surface area contributed by atoms with Crippen LogP contribution in [0.4, 0.5) is 13.2 Å². The fourth-order valence-electron chi connectivity index (χ4n) is 4.59. The fourth-order valence-corrected chi connectivity index (χ4v) is 4.59. The Hall–Kier alpha value is -2.30. The molecule has 0 atom stereocenters. The quantitative estimate of drug-likeness (QED) is 0.174. The van der Waals surface area contributed by atoms with Crippen molar-refractivity contribution in [1.29, 1.82) is 0 Å². The van der Waals surface area contributed by atoms with Gasteiger partial charge in [-0.3, -0.25) is 0 Å². The standard InChI is InChI=1S/C26H31F3O2/c1-2-3-4-5-6-9-18-12-14-19(15-13-18)21-10-7-8-11-22(21)26(30)31-20-16-23(27)25(29)24(28)17-20/h7-8,10-11,16-19H,2-6,9,12-15H2,1H3. The van der Waals surface area contributed by atoms with Crippen LogP contribution in [0.5, 0.6) is 5.75 Å². The molecule has 0 aliphatic heterocycles. The van der Waals surface area contributed by atoms with E-state index in [0.29, 0.717) is 17.7 Å². The molecule has 0 saturated heterocycles. The molecule has 0 spiro atoms. The second-order valence-electron chi connectivity index (χ2n) is 8.60. The van der Waals surface area contributed by atoms with Crippen LogP contribution in [0, 0.1) is 23.4 Å². The van der Waals surface area contributed by atoms with Crippen LogP contribution in [0.2, 0.25) is 0 Å². The molecule has 2 aromatic carbocycles. The number of unbranched alkanes of at least 4 members (excludes halogenated alkanes) is 4. The van der Waals surface area contributed by atoms with Crippen LogP contribution < -0.4 is 4.74 Å². The zero-order chi connectivity index (χ0) is 22.2. The van der Waals surface area contributed by atoms with E-state index >= 15 is 0 Å². The number of hydrogen-bond donors (Lipinski definition) is 0. The maximum Gasteiger partial charge on any atom is 0.343 e. The molecule has 0 bridgehead atoms. The first-order valence-electron chi connectivity index (χ1n) is 11.4. The van der Waals surface area contributed by atoms with E-state index in [0.717, 1.165) is 37.2 Å². The van der Waals surface area contributed by atoms with Crippen LogP contribution in [-0.2, 0) is 0 Å². The van der Waals surface area contributed by atoms with Gasteiger partial charge in [0.15, 0.2) is 17.5 Å². The van der Waals surface area contributed by atoms with E-state index in [4.69, 9.17) is 4.74 Å². The Kier molecular flexibility index (Phi) is 8.56. The fraction of sp³-hybridized carbons (Fsp3) is 0.500. The molecule has 31 heavy (non-hydrogen) atoms. The van der Waals surface area contributed by atoms with Crippen LogP contribution in [0.15, 0.2) is 36.4 Å². The zero-order valence-electron chi connectivity index (χ0n) is 18.1. The first-order valence-corrected chi connectivity index (χ1v) is 11.4. The molecular formula is C26H31F3O2. The van der Waals surface area contributed by atoms with E-state index in [9.17, 15) is 18.0 Å². The van der Waals surface area contributed by atoms with Crippen molar-refractivity contribution in [3.63, 3.8) is 0 Å². The summed E-state index contributed by atoms with van der Waals surface area (Å²) in [6.45, 7) is 2.23. The van der Waals surface area contributed by atoms with Gasteiger partial charge < -0.3 is 4.74 Å². The number of benzene rings is 2. The number of esters is 1. The van der Waals surface area contributed by atoms with E-state index in [-0.39, 0.29) is 11.7 Å². The summed E-state index contributed by atoms with van der Waals surface area (Å²) in [6, 6.07) is 8.61. The molecule has 0 N–H and O–H groups in total. The Bertz CT molecular complexity index is 850. The summed E-state index contributed by atoms with van der Waals surface area (Å²) in [5.74, 6) is -4.36. The SMILES string of the molecule is CCCCCCCC1CCC(c2ccccc2C(=O)Oc2cc(F)c(F)c(F)c2)CC1. The Morgan fingerprint density at radius 1 is 0.935 bits per heavy atom. The monoisotopic (exact) mass is 432 g/mol. The summed E-state index contributed by atoms with van der Waals surface area (Å²) in [5.41, 5.74) is 1.31. The maximum absolute atomic E-state index is 13.4. The van der Waals surface area contributed by atoms with Crippen LogP contribution in [0.3, 0.4) is 0 Å². The molecule has 1 aliphatic carbocycles. The summed E-state index contributed by atoms with van der Waals surface area (Å²) in [7, 11) is 0. The lowest BCUT2D eigenvalue weighted by molar-refractivity contribution is 0.0731. The molecule has 0 unspecified atom stereocenters. The highest BCUT2D eigenvalue weighted by Gasteiger charge is 2.26. The van der Waals surface area contributed by atoms with Crippen molar-refractivity contribution in [2.45, 2.75) is 77.0 Å². The van der Waals surface area contributed by atoms with Gasteiger partial charge in [0.1, 0.15) is 5.75 Å². The van der Waals surface area contributed by atoms with Gasteiger partial charge >= 0.3 is 5.97 Å². The maximum atomic E-state index is 13.4. The van der Waals surface area contributed by atoms with E-state index in [1.54, 1.807) is 12.1 Å². The molecule has 1 saturated carbocycles. The average molecular weight is 433 g/mol. The van der Waals surface area contributed by atoms with Crippen molar-refractivity contribution in [3.05, 3.63) is 65.0 Å². The number of carbonyl (C=O) groups is 1. The Morgan fingerprint density at radius 3 is 2.26 bits per heavy atom. The second kappa shape index (κ2) is 11.4. The number of hydrogen-bond acceptors (Lipinski definition) is 2. The Labute approximate surface area is 182 Å². The predicted molar refractivity (Wildman–Crippen MR) is 116 cm³/mol. The third-order valence-electron chi connectivity index (χ3n) is 6.35. The minimum Gasteiger partial charge on any atom is -0.423 e. The topological polar surface area (TPSA) is 26.3 Å². The van der Waals surface area contributed by atoms with Crippen LogP contribution in [-0.4, -0.2) is 5.97 Å². The lowest BCUT2D eigenvalue weighted by atomic mass is 9.76. The minimum absolute atomic E-state index is 0.266. The average Bonchev–Trinajstić information content (AvgIpc) is 2.77. The second-order valence-corrected chi connectivity index (χ2v) is 8.60. The summed E-state index contributed by atoms with van der Waals surface area (Å²) in [6.07, 6.45) is 12.1. The highest BCUT2D eigenvalue weighted by atomic mass is 19.2. The Morgan fingerprint density at radius 2 is 1.58 bits per heavy atom. The van der Waals surface area contributed by atoms with Crippen molar-refractivity contribution in [2.24, 2.45) is 5.92 Å². The van der Waals surface area contributed by atoms with Gasteiger partial charge in [0, 0.05) is 12.1 Å². The van der Waals surface area contributed by atoms with Gasteiger partial charge in [-0.05, 0) is 49.1 Å². The lowest BCUT2D eigenvalue weighted by Gasteiger charge is -2.29. The molecule has 0 radical (unpaired) electrons. The number of rotatable bonds is 9. The third kappa shape index (κ3) is 6.34. The molecule has 1 aliphatic rings. The zero-order valence-corrected chi connectivity index (χ0v) is 18.1. The molecule has 3 rings (SSSR count). The minimum atomic E-state index is -1.58. The Balaban J connectivity index is 1.60. The molecule has 2 aromatic rings. The van der Waals surface area contributed by atoms with E-state index < -0.39 is 23.4 Å². The molecule has 1 fully saturated rings. The van der Waals surface area contributed by atoms with E-state index in [1.807, 2.05) is 12.1 Å². The summed E-state index contributed by atoms with van der Waals surface area (Å²) in [5, 5.41) is 0. The summed E-state index contributed by atoms with van der Waals surface area (Å²) in [4.78, 5) is 12.7. The van der Waals surface area contributed by atoms with Crippen molar-refractivity contribution in [1.82, 2.24) is 0 Å². The number of ether oxygens (including phenoxy) is 1. The van der Waals surface area contributed by atoms with Crippen molar-refractivity contribution < 1.29 is 22.7 Å². The van der Waals surface area contributed by atoms with Crippen molar-refractivity contribution >= 4 is 5.97 Å². The van der Waals surface area contributed by atoms with E-state index in [1.165, 1.54) is 38.5 Å². The normalized spacial score (nSPS) is 18.7. The lowest BCUT2D eigenvalue weighted by Crippen LogP contribution is -2.18. The van der Waals surface area contributed by atoms with Gasteiger partial charge in [0.2, 0.25) is 0 Å². The van der Waals surface area contributed by atoms with Crippen molar-refractivity contribution in [2.75, 3.05) is 0 Å². The van der Waals surface area contributed by atoms with Gasteiger partial charge in [-0.2, -0.15) is 0 Å². The molecule has 5 heteroatoms. The van der Waals surface area contributed by atoms with Crippen LogP contribution >= 0.6 is 0 Å². The largest absolute Gasteiger partial charge is 0.423 e. The highest BCUT2D eigenvalue weighted by molar-refractivity contribution is 5.92. The molecule has 2 nitrogen and oxygen atoms in total. The first-order chi connectivity index (χ1) is 15.0. The molecular weight excluding hydrogens is 401 g/mol. The highest BCUT2D eigenvalue weighted by Crippen LogP contribution is 2.39. The number of carbonyl (C=O) groups excluding carboxylic acids is 1. The number of halogens is 3. The van der Waals surface area contributed by atoms with E-state index in [2.05, 4.69) is 6.92 Å². The smallest absolute Gasteiger partial charge is 0.343 e. The third-order valence-corrected chi connectivity index (χ3v) is 6.35. The summed E-state index contributed by atoms with van der Waals surface area (Å²) < 4.78 is 45.2. The molecule has 0 amide bonds. The van der Waals surface area contributed by atoms with Gasteiger partial charge in [-0.1, -0.05) is 63.6 Å². The van der Waals surface area contributed by atoms with Gasteiger partial charge in [0.25, 0.3) is 0 Å². The predicted octanol–water partition coefficient (Wildman–Crippen LogP) is 7.96. The first kappa shape index (κ1) is 23.4. The van der Waals surface area contributed by atoms with Gasteiger partial charge in [0.05, 0.1) is 5.56 Å². The van der Waals surface area contributed by atoms with Crippen molar-refractivity contribution in [3.8, 4) is 5.75 Å². The molecule has 0 aromatic heterocycles. The summed E-state index contributed by atoms with van der Waals surface area (Å²) >= 11 is 0. The van der Waals surface area contributed by atoms with Gasteiger partial charge in [-0.25, -0.2) is 18.0 Å². The molecule has 168 valence electrons. The van der Waals surface area contributed by atoms with Gasteiger partial charge in [-0.15, -0.1) is 0 Å². The molecule has 0 heterocycles. The van der Waals surface area contributed by atoms with Crippen LogP contribution in [0.1, 0.15) is 93.0 Å². The van der Waals surface area contributed by atoms with Crippen LogP contribution in [0.25, 0.3) is 0 Å².